The minimum Gasteiger partial charge on any atom is -0.493 e. The molecule has 8 heteroatoms. The van der Waals surface area contributed by atoms with Gasteiger partial charge in [-0.15, -0.1) is 0 Å². The maximum atomic E-state index is 12.9. The van der Waals surface area contributed by atoms with E-state index in [2.05, 4.69) is 0 Å². The summed E-state index contributed by atoms with van der Waals surface area (Å²) in [6.07, 6.45) is 0.363. The van der Waals surface area contributed by atoms with E-state index < -0.39 is 6.10 Å². The lowest BCUT2D eigenvalue weighted by Gasteiger charge is -2.37. The van der Waals surface area contributed by atoms with Crippen molar-refractivity contribution in [2.24, 2.45) is 0 Å². The van der Waals surface area contributed by atoms with Crippen molar-refractivity contribution in [2.75, 3.05) is 47.0 Å². The van der Waals surface area contributed by atoms with Crippen LogP contribution in [0.25, 0.3) is 0 Å². The van der Waals surface area contributed by atoms with Crippen molar-refractivity contribution < 1.29 is 28.5 Å². The number of benzene rings is 2. The Bertz CT molecular complexity index is 971. The molecular formula is C24H28N2O6. The Morgan fingerprint density at radius 3 is 2.34 bits per heavy atom. The molecule has 8 nitrogen and oxygen atoms in total. The van der Waals surface area contributed by atoms with Gasteiger partial charge in [0.25, 0.3) is 5.91 Å². The third-order valence-electron chi connectivity index (χ3n) is 5.80. The summed E-state index contributed by atoms with van der Waals surface area (Å²) in [5.41, 5.74) is 1.01. The smallest absolute Gasteiger partial charge is 0.267 e. The summed E-state index contributed by atoms with van der Waals surface area (Å²) < 4.78 is 22.1. The average Bonchev–Trinajstić information content (AvgIpc) is 2.86. The molecule has 0 saturated carbocycles. The van der Waals surface area contributed by atoms with Crippen LogP contribution in [0, 0.1) is 0 Å². The molecular weight excluding hydrogens is 412 g/mol. The lowest BCUT2D eigenvalue weighted by Crippen LogP contribution is -2.55. The number of carbonyl (C=O) groups is 2. The fraction of sp³-hybridized carbons (Fsp3) is 0.417. The molecule has 2 amide bonds. The van der Waals surface area contributed by atoms with Crippen molar-refractivity contribution >= 4 is 11.8 Å². The van der Waals surface area contributed by atoms with E-state index in [0.29, 0.717) is 62.0 Å². The van der Waals surface area contributed by atoms with Crippen LogP contribution < -0.4 is 18.9 Å². The summed E-state index contributed by atoms with van der Waals surface area (Å²) >= 11 is 0. The molecule has 32 heavy (non-hydrogen) atoms. The molecule has 2 aliphatic heterocycles. The normalized spacial score (nSPS) is 17.6. The maximum Gasteiger partial charge on any atom is 0.267 e. The molecule has 2 aromatic rings. The van der Waals surface area contributed by atoms with Crippen molar-refractivity contribution in [1.29, 1.82) is 0 Å². The lowest BCUT2D eigenvalue weighted by atomic mass is 10.1. The van der Waals surface area contributed by atoms with E-state index in [4.69, 9.17) is 18.9 Å². The second kappa shape index (κ2) is 9.80. The Kier molecular flexibility index (Phi) is 6.68. The Morgan fingerprint density at radius 1 is 0.938 bits per heavy atom. The summed E-state index contributed by atoms with van der Waals surface area (Å²) in [6.45, 7) is 2.20. The van der Waals surface area contributed by atoms with Gasteiger partial charge in [0.05, 0.1) is 14.2 Å². The molecule has 1 unspecified atom stereocenters. The topological polar surface area (TPSA) is 77.5 Å². The van der Waals surface area contributed by atoms with Crippen LogP contribution in [-0.4, -0.2) is 74.7 Å². The van der Waals surface area contributed by atoms with E-state index in [0.717, 1.165) is 5.56 Å². The van der Waals surface area contributed by atoms with Crippen LogP contribution >= 0.6 is 0 Å². The third-order valence-corrected chi connectivity index (χ3v) is 5.80. The SMILES string of the molecule is COc1ccc(CCC(=O)N2CCN(C(=O)C3COc4ccccc4O3)CC2)cc1OC. The lowest BCUT2D eigenvalue weighted by molar-refractivity contribution is -0.146. The van der Waals surface area contributed by atoms with E-state index in [1.165, 1.54) is 0 Å². The van der Waals surface area contributed by atoms with Gasteiger partial charge in [-0.05, 0) is 36.2 Å². The van der Waals surface area contributed by atoms with Gasteiger partial charge < -0.3 is 28.7 Å². The Labute approximate surface area is 187 Å². The minimum absolute atomic E-state index is 0.0815. The summed E-state index contributed by atoms with van der Waals surface area (Å²) in [7, 11) is 3.19. The third kappa shape index (κ3) is 4.74. The Balaban J connectivity index is 1.25. The van der Waals surface area contributed by atoms with Crippen LogP contribution in [0.2, 0.25) is 0 Å². The Morgan fingerprint density at radius 2 is 1.62 bits per heavy atom. The first-order valence-corrected chi connectivity index (χ1v) is 10.7. The van der Waals surface area contributed by atoms with E-state index in [1.54, 1.807) is 25.2 Å². The summed E-state index contributed by atoms with van der Waals surface area (Å²) in [5.74, 6) is 2.54. The van der Waals surface area contributed by atoms with Crippen molar-refractivity contribution in [2.45, 2.75) is 18.9 Å². The first-order valence-electron chi connectivity index (χ1n) is 10.7. The van der Waals surface area contributed by atoms with Crippen LogP contribution in [0.1, 0.15) is 12.0 Å². The van der Waals surface area contributed by atoms with Gasteiger partial charge in [-0.3, -0.25) is 9.59 Å². The largest absolute Gasteiger partial charge is 0.493 e. The van der Waals surface area contributed by atoms with Gasteiger partial charge in [0.15, 0.2) is 23.0 Å². The summed E-state index contributed by atoms with van der Waals surface area (Å²) in [6, 6.07) is 13.0. The number of methoxy groups -OCH3 is 2. The van der Waals surface area contributed by atoms with Gasteiger partial charge >= 0.3 is 0 Å². The molecule has 1 fully saturated rings. The molecule has 2 heterocycles. The standard InChI is InChI=1S/C24H28N2O6/c1-29-18-9-7-17(15-21(18)30-2)8-10-23(27)25-11-13-26(14-12-25)24(28)22-16-31-19-5-3-4-6-20(19)32-22/h3-7,9,15,22H,8,10-14,16H2,1-2H3. The number of hydrogen-bond acceptors (Lipinski definition) is 6. The van der Waals surface area contributed by atoms with E-state index >= 15 is 0 Å². The highest BCUT2D eigenvalue weighted by molar-refractivity contribution is 5.82. The number of amides is 2. The molecule has 1 saturated heterocycles. The molecule has 1 atom stereocenters. The highest BCUT2D eigenvalue weighted by Crippen LogP contribution is 2.31. The van der Waals surface area contributed by atoms with E-state index in [-0.39, 0.29) is 18.4 Å². The zero-order valence-electron chi connectivity index (χ0n) is 18.4. The predicted molar refractivity (Wildman–Crippen MR) is 117 cm³/mol. The molecule has 2 aliphatic rings. The van der Waals surface area contributed by atoms with Crippen LogP contribution in [0.5, 0.6) is 23.0 Å². The molecule has 0 aromatic heterocycles. The fourth-order valence-electron chi connectivity index (χ4n) is 3.97. The highest BCUT2D eigenvalue weighted by atomic mass is 16.6. The average molecular weight is 440 g/mol. The number of rotatable bonds is 6. The van der Waals surface area contributed by atoms with Gasteiger partial charge in [-0.1, -0.05) is 18.2 Å². The van der Waals surface area contributed by atoms with Crippen LogP contribution in [-0.2, 0) is 16.0 Å². The second-order valence-corrected chi connectivity index (χ2v) is 7.76. The molecule has 0 spiro atoms. The summed E-state index contributed by atoms with van der Waals surface area (Å²) in [4.78, 5) is 29.1. The number of hydrogen-bond donors (Lipinski definition) is 0. The van der Waals surface area contributed by atoms with Crippen molar-refractivity contribution in [1.82, 2.24) is 9.80 Å². The highest BCUT2D eigenvalue weighted by Gasteiger charge is 2.33. The predicted octanol–water partition coefficient (Wildman–Crippen LogP) is 2.15. The molecule has 4 rings (SSSR count). The van der Waals surface area contributed by atoms with Gasteiger partial charge in [-0.2, -0.15) is 0 Å². The molecule has 0 aliphatic carbocycles. The quantitative estimate of drug-likeness (QED) is 0.685. The van der Waals surface area contributed by atoms with Gasteiger partial charge in [0.1, 0.15) is 6.61 Å². The number of carbonyl (C=O) groups excluding carboxylic acids is 2. The maximum absolute atomic E-state index is 12.9. The van der Waals surface area contributed by atoms with Gasteiger partial charge in [0, 0.05) is 32.6 Å². The van der Waals surface area contributed by atoms with Crippen molar-refractivity contribution in [3.63, 3.8) is 0 Å². The number of fused-ring (bicyclic) bond motifs is 1. The zero-order valence-corrected chi connectivity index (χ0v) is 18.4. The van der Waals surface area contributed by atoms with E-state index in [9.17, 15) is 9.59 Å². The van der Waals surface area contributed by atoms with Crippen molar-refractivity contribution in [3.8, 4) is 23.0 Å². The monoisotopic (exact) mass is 440 g/mol. The van der Waals surface area contributed by atoms with Crippen LogP contribution in [0.3, 0.4) is 0 Å². The molecule has 170 valence electrons. The number of nitrogens with zero attached hydrogens (tertiary/aromatic N) is 2. The second-order valence-electron chi connectivity index (χ2n) is 7.76. The number of ether oxygens (including phenoxy) is 4. The van der Waals surface area contributed by atoms with Gasteiger partial charge in [0.2, 0.25) is 12.0 Å². The van der Waals surface area contributed by atoms with Gasteiger partial charge in [-0.25, -0.2) is 0 Å². The first-order chi connectivity index (χ1) is 15.6. The molecule has 2 aromatic carbocycles. The fourth-order valence-corrected chi connectivity index (χ4v) is 3.97. The van der Waals surface area contributed by atoms with Crippen molar-refractivity contribution in [3.05, 3.63) is 48.0 Å². The number of aryl methyl sites for hydroxylation is 1. The first kappa shape index (κ1) is 21.8. The molecule has 0 radical (unpaired) electrons. The molecule has 0 N–H and O–H groups in total. The number of piperazine rings is 1. The summed E-state index contributed by atoms with van der Waals surface area (Å²) in [5, 5.41) is 0. The molecule has 0 bridgehead atoms. The zero-order chi connectivity index (χ0) is 22.5. The van der Waals surface area contributed by atoms with E-state index in [1.807, 2.05) is 41.3 Å². The van der Waals surface area contributed by atoms with Crippen LogP contribution in [0.4, 0.5) is 0 Å². The number of para-hydroxylation sites is 2. The minimum atomic E-state index is -0.655. The van der Waals surface area contributed by atoms with Crippen LogP contribution in [0.15, 0.2) is 42.5 Å². The Hall–Kier alpha value is -3.42.